The highest BCUT2D eigenvalue weighted by atomic mass is 19.1. The van der Waals surface area contributed by atoms with Gasteiger partial charge in [-0.3, -0.25) is 9.59 Å². The summed E-state index contributed by atoms with van der Waals surface area (Å²) in [5, 5.41) is 2.83. The predicted octanol–water partition coefficient (Wildman–Crippen LogP) is 2.78. The lowest BCUT2D eigenvalue weighted by Gasteiger charge is -2.27. The second-order valence-electron chi connectivity index (χ2n) is 7.96. The van der Waals surface area contributed by atoms with Gasteiger partial charge in [0, 0.05) is 24.6 Å². The van der Waals surface area contributed by atoms with Gasteiger partial charge >= 0.3 is 0 Å². The Morgan fingerprint density at radius 3 is 2.34 bits per heavy atom. The van der Waals surface area contributed by atoms with Gasteiger partial charge in [0.2, 0.25) is 5.91 Å². The highest BCUT2D eigenvalue weighted by molar-refractivity contribution is 5.97. The Morgan fingerprint density at radius 1 is 1.10 bits per heavy atom. The molecule has 1 fully saturated rings. The monoisotopic (exact) mass is 397 g/mol. The number of nitrogens with one attached hydrogen (secondary N) is 1. The van der Waals surface area contributed by atoms with Gasteiger partial charge in [-0.15, -0.1) is 0 Å². The number of nitrogens with two attached hydrogens (primary N) is 1. The average Bonchev–Trinajstić information content (AvgIpc) is 3.17. The van der Waals surface area contributed by atoms with Crippen LogP contribution in [0, 0.1) is 17.7 Å². The molecular weight excluding hydrogens is 369 g/mol. The molecule has 1 unspecified atom stereocenters. The van der Waals surface area contributed by atoms with E-state index in [0.717, 1.165) is 0 Å². The number of hydrogen-bond acceptors (Lipinski definition) is 3. The Morgan fingerprint density at radius 2 is 1.76 bits per heavy atom. The molecule has 2 aromatic rings. The lowest BCUT2D eigenvalue weighted by Crippen LogP contribution is -2.50. The third-order valence-corrected chi connectivity index (χ3v) is 5.61. The second kappa shape index (κ2) is 9.18. The SMILES string of the molecule is CC(C)C(NC(=O)c1ccc(F)cc1)C(=O)N1C[C@@H](CN)[C@H](c2ccccc2)C1. The summed E-state index contributed by atoms with van der Waals surface area (Å²) in [5.74, 6) is -0.611. The van der Waals surface area contributed by atoms with Gasteiger partial charge in [0.25, 0.3) is 5.91 Å². The van der Waals surface area contributed by atoms with Crippen molar-refractivity contribution in [2.24, 2.45) is 17.6 Å². The fourth-order valence-electron chi connectivity index (χ4n) is 3.90. The summed E-state index contributed by atoms with van der Waals surface area (Å²) >= 11 is 0. The molecule has 1 aliphatic heterocycles. The van der Waals surface area contributed by atoms with Gasteiger partial charge in [0.1, 0.15) is 11.9 Å². The summed E-state index contributed by atoms with van der Waals surface area (Å²) in [4.78, 5) is 27.6. The standard InChI is InChI=1S/C23H28FN3O2/c1-15(2)21(26-22(28)17-8-10-19(24)11-9-17)23(29)27-13-18(12-25)20(14-27)16-6-4-3-5-7-16/h3-11,15,18,20-21H,12-14,25H2,1-2H3,(H,26,28)/t18-,20+,21?/m1/s1. The van der Waals surface area contributed by atoms with Crippen LogP contribution in [0.15, 0.2) is 54.6 Å². The molecule has 3 N–H and O–H groups in total. The molecule has 5 nitrogen and oxygen atoms in total. The summed E-state index contributed by atoms with van der Waals surface area (Å²) in [6.45, 7) is 5.46. The Balaban J connectivity index is 1.73. The maximum absolute atomic E-state index is 13.3. The van der Waals surface area contributed by atoms with Crippen LogP contribution in [0.1, 0.15) is 35.7 Å². The molecule has 1 aliphatic rings. The van der Waals surface area contributed by atoms with Gasteiger partial charge in [-0.05, 0) is 48.2 Å². The Hall–Kier alpha value is -2.73. The van der Waals surface area contributed by atoms with Crippen molar-refractivity contribution in [1.82, 2.24) is 10.2 Å². The minimum absolute atomic E-state index is 0.0843. The number of likely N-dealkylation sites (tertiary alicyclic amines) is 1. The lowest BCUT2D eigenvalue weighted by molar-refractivity contribution is -0.133. The molecule has 29 heavy (non-hydrogen) atoms. The van der Waals surface area contributed by atoms with E-state index in [9.17, 15) is 14.0 Å². The first kappa shape index (κ1) is 21.0. The van der Waals surface area contributed by atoms with Gasteiger partial charge in [0.05, 0.1) is 0 Å². The predicted molar refractivity (Wildman–Crippen MR) is 111 cm³/mol. The molecule has 154 valence electrons. The molecule has 1 heterocycles. The molecule has 0 bridgehead atoms. The number of rotatable bonds is 6. The molecule has 0 radical (unpaired) electrons. The van der Waals surface area contributed by atoms with Gasteiger partial charge in [-0.2, -0.15) is 0 Å². The van der Waals surface area contributed by atoms with Crippen molar-refractivity contribution in [2.75, 3.05) is 19.6 Å². The van der Waals surface area contributed by atoms with Crippen LogP contribution in [0.2, 0.25) is 0 Å². The molecule has 2 aromatic carbocycles. The van der Waals surface area contributed by atoms with Gasteiger partial charge in [-0.1, -0.05) is 44.2 Å². The summed E-state index contributed by atoms with van der Waals surface area (Å²) < 4.78 is 13.1. The highest BCUT2D eigenvalue weighted by Crippen LogP contribution is 2.32. The first-order valence-electron chi connectivity index (χ1n) is 10.0. The Kier molecular flexibility index (Phi) is 6.64. The van der Waals surface area contributed by atoms with Crippen LogP contribution in [0.3, 0.4) is 0 Å². The van der Waals surface area contributed by atoms with E-state index in [0.29, 0.717) is 25.2 Å². The third-order valence-electron chi connectivity index (χ3n) is 5.61. The minimum Gasteiger partial charge on any atom is -0.340 e. The molecule has 6 heteroatoms. The van der Waals surface area contributed by atoms with Crippen molar-refractivity contribution in [3.05, 3.63) is 71.5 Å². The van der Waals surface area contributed by atoms with E-state index >= 15 is 0 Å². The summed E-state index contributed by atoms with van der Waals surface area (Å²) in [6.07, 6.45) is 0. The minimum atomic E-state index is -0.652. The molecule has 0 spiro atoms. The van der Waals surface area contributed by atoms with E-state index in [1.165, 1.54) is 29.8 Å². The van der Waals surface area contributed by atoms with E-state index in [4.69, 9.17) is 5.73 Å². The quantitative estimate of drug-likeness (QED) is 0.787. The maximum Gasteiger partial charge on any atom is 0.251 e. The van der Waals surface area contributed by atoms with Crippen LogP contribution in [0.5, 0.6) is 0 Å². The van der Waals surface area contributed by atoms with E-state index in [1.807, 2.05) is 36.9 Å². The van der Waals surface area contributed by atoms with E-state index in [-0.39, 0.29) is 29.6 Å². The number of halogens is 1. The van der Waals surface area contributed by atoms with Crippen LogP contribution in [0.4, 0.5) is 4.39 Å². The smallest absolute Gasteiger partial charge is 0.251 e. The topological polar surface area (TPSA) is 75.4 Å². The second-order valence-corrected chi connectivity index (χ2v) is 7.96. The number of carbonyl (C=O) groups is 2. The zero-order valence-corrected chi connectivity index (χ0v) is 16.8. The molecule has 0 saturated carbocycles. The van der Waals surface area contributed by atoms with Gasteiger partial charge < -0.3 is 16.0 Å². The van der Waals surface area contributed by atoms with E-state index < -0.39 is 11.9 Å². The number of carbonyl (C=O) groups excluding carboxylic acids is 2. The van der Waals surface area contributed by atoms with E-state index in [1.54, 1.807) is 0 Å². The molecular formula is C23H28FN3O2. The Bertz CT molecular complexity index is 839. The summed E-state index contributed by atoms with van der Waals surface area (Å²) in [6, 6.07) is 14.7. The van der Waals surface area contributed by atoms with Crippen molar-refractivity contribution in [3.8, 4) is 0 Å². The zero-order chi connectivity index (χ0) is 21.0. The van der Waals surface area contributed by atoms with Crippen LogP contribution >= 0.6 is 0 Å². The maximum atomic E-state index is 13.3. The Labute approximate surface area is 171 Å². The fraction of sp³-hybridized carbons (Fsp3) is 0.391. The fourth-order valence-corrected chi connectivity index (χ4v) is 3.90. The number of benzene rings is 2. The van der Waals surface area contributed by atoms with Crippen molar-refractivity contribution in [3.63, 3.8) is 0 Å². The summed E-state index contributed by atoms with van der Waals surface area (Å²) in [5.41, 5.74) is 7.49. The molecule has 2 amide bonds. The normalized spacial score (nSPS) is 20.0. The summed E-state index contributed by atoms with van der Waals surface area (Å²) in [7, 11) is 0. The molecule has 3 atom stereocenters. The van der Waals surface area contributed by atoms with Crippen LogP contribution < -0.4 is 11.1 Å². The van der Waals surface area contributed by atoms with Crippen LogP contribution in [0.25, 0.3) is 0 Å². The van der Waals surface area contributed by atoms with Crippen molar-refractivity contribution < 1.29 is 14.0 Å². The number of hydrogen-bond donors (Lipinski definition) is 2. The van der Waals surface area contributed by atoms with Crippen molar-refractivity contribution in [2.45, 2.75) is 25.8 Å². The number of nitrogens with zero attached hydrogens (tertiary/aromatic N) is 1. The first-order valence-corrected chi connectivity index (χ1v) is 10.0. The lowest BCUT2D eigenvalue weighted by atomic mass is 9.89. The van der Waals surface area contributed by atoms with Crippen LogP contribution in [-0.2, 0) is 4.79 Å². The number of amides is 2. The third kappa shape index (κ3) is 4.82. The molecule has 1 saturated heterocycles. The molecule has 0 aliphatic carbocycles. The van der Waals surface area contributed by atoms with Crippen molar-refractivity contribution in [1.29, 1.82) is 0 Å². The van der Waals surface area contributed by atoms with Gasteiger partial charge in [0.15, 0.2) is 0 Å². The molecule has 3 rings (SSSR count). The van der Waals surface area contributed by atoms with Gasteiger partial charge in [-0.25, -0.2) is 4.39 Å². The zero-order valence-electron chi connectivity index (χ0n) is 16.8. The van der Waals surface area contributed by atoms with Crippen LogP contribution in [-0.4, -0.2) is 42.4 Å². The largest absolute Gasteiger partial charge is 0.340 e. The highest BCUT2D eigenvalue weighted by Gasteiger charge is 2.38. The first-order chi connectivity index (χ1) is 13.9. The van der Waals surface area contributed by atoms with Crippen molar-refractivity contribution >= 4 is 11.8 Å². The van der Waals surface area contributed by atoms with E-state index in [2.05, 4.69) is 17.4 Å². The molecule has 0 aromatic heterocycles. The average molecular weight is 397 g/mol.